The van der Waals surface area contributed by atoms with Crippen molar-refractivity contribution in [1.29, 1.82) is 5.26 Å². The molecule has 10 heteroatoms. The number of nitriles is 1. The molecule has 0 aromatic heterocycles. The summed E-state index contributed by atoms with van der Waals surface area (Å²) < 4.78 is 11.7. The van der Waals surface area contributed by atoms with Gasteiger partial charge in [0.05, 0.1) is 39.4 Å². The topological polar surface area (TPSA) is 112 Å². The van der Waals surface area contributed by atoms with Gasteiger partial charge < -0.3 is 14.6 Å². The third-order valence-corrected chi connectivity index (χ3v) is 6.80. The number of hydrogen-bond donors (Lipinski definition) is 1. The Hall–Kier alpha value is -4.26. The molecule has 1 heterocycles. The number of carboxylic acids is 1. The zero-order valence-electron chi connectivity index (χ0n) is 20.5. The number of amides is 1. The lowest BCUT2D eigenvalue weighted by Gasteiger charge is -2.15. The van der Waals surface area contributed by atoms with Crippen LogP contribution < -0.4 is 9.47 Å². The van der Waals surface area contributed by atoms with Crippen LogP contribution >= 0.6 is 23.4 Å². The largest absolute Gasteiger partial charge is 0.490 e. The third kappa shape index (κ3) is 5.99. The number of rotatable bonds is 8. The Morgan fingerprint density at radius 1 is 1.18 bits per heavy atom. The summed E-state index contributed by atoms with van der Waals surface area (Å²) in [6.07, 6.45) is 1.68. The van der Waals surface area contributed by atoms with Crippen molar-refractivity contribution in [3.8, 4) is 17.6 Å². The van der Waals surface area contributed by atoms with Crippen molar-refractivity contribution < 1.29 is 24.2 Å². The average Bonchev–Trinajstić information content (AvgIpc) is 3.16. The fourth-order valence-electron chi connectivity index (χ4n) is 3.60. The molecule has 0 spiro atoms. The van der Waals surface area contributed by atoms with E-state index in [0.717, 1.165) is 5.56 Å². The number of nitrogens with zero attached hydrogens (tertiary/aromatic N) is 3. The minimum absolute atomic E-state index is 0.108. The molecule has 1 fully saturated rings. The number of carboxylic acid groups (broad SMARTS) is 1. The van der Waals surface area contributed by atoms with Gasteiger partial charge >= 0.3 is 5.97 Å². The summed E-state index contributed by atoms with van der Waals surface area (Å²) in [5.74, 6) is -0.568. The summed E-state index contributed by atoms with van der Waals surface area (Å²) in [7, 11) is 1.60. The molecule has 0 unspecified atom stereocenters. The molecule has 1 amide bonds. The van der Waals surface area contributed by atoms with Gasteiger partial charge in [-0.05, 0) is 66.7 Å². The van der Waals surface area contributed by atoms with Crippen LogP contribution in [-0.2, 0) is 11.4 Å². The second-order valence-corrected chi connectivity index (χ2v) is 9.46. The van der Waals surface area contributed by atoms with Gasteiger partial charge in [0.25, 0.3) is 5.91 Å². The Kier molecular flexibility index (Phi) is 8.36. The Morgan fingerprint density at radius 2 is 1.97 bits per heavy atom. The molecule has 4 rings (SSSR count). The van der Waals surface area contributed by atoms with Crippen LogP contribution in [-0.4, -0.2) is 40.7 Å². The third-order valence-electron chi connectivity index (χ3n) is 5.46. The molecule has 0 radical (unpaired) electrons. The van der Waals surface area contributed by atoms with Gasteiger partial charge in [-0.2, -0.15) is 5.26 Å². The molecule has 3 aromatic carbocycles. The van der Waals surface area contributed by atoms with E-state index in [4.69, 9.17) is 21.1 Å². The predicted molar refractivity (Wildman–Crippen MR) is 147 cm³/mol. The van der Waals surface area contributed by atoms with Crippen LogP contribution in [0.3, 0.4) is 0 Å². The van der Waals surface area contributed by atoms with E-state index in [0.29, 0.717) is 50.0 Å². The van der Waals surface area contributed by atoms with Gasteiger partial charge in [0.2, 0.25) is 0 Å². The quantitative estimate of drug-likeness (QED) is 0.338. The standard InChI is InChI=1S/C28H22ClN3O5S/c1-3-36-23-12-17(11-22(29)25(23)37-16-20-8-5-4-7-19(20)15-30)13-24-26(33)32(2)28(38-24)31-21-10-6-9-18(14-21)27(34)35/h4-14H,3,16H2,1-2H3,(H,34,35)/b24-13-,31-28?. The molecule has 1 saturated heterocycles. The number of benzene rings is 3. The molecule has 38 heavy (non-hydrogen) atoms. The number of aliphatic imine (C=N–C) groups is 1. The Labute approximate surface area is 228 Å². The molecule has 192 valence electrons. The van der Waals surface area contributed by atoms with Gasteiger partial charge in [-0.3, -0.25) is 9.69 Å². The number of hydrogen-bond acceptors (Lipinski definition) is 7. The van der Waals surface area contributed by atoms with E-state index in [1.165, 1.54) is 28.8 Å². The van der Waals surface area contributed by atoms with Crippen LogP contribution in [0.25, 0.3) is 6.08 Å². The number of aromatic carboxylic acids is 1. The van der Waals surface area contributed by atoms with Crippen LogP contribution in [0, 0.1) is 11.3 Å². The van der Waals surface area contributed by atoms with Crippen LogP contribution in [0.5, 0.6) is 11.5 Å². The second kappa shape index (κ2) is 11.9. The van der Waals surface area contributed by atoms with E-state index in [1.54, 1.807) is 49.5 Å². The molecule has 8 nitrogen and oxygen atoms in total. The zero-order valence-corrected chi connectivity index (χ0v) is 22.0. The minimum atomic E-state index is -1.06. The van der Waals surface area contributed by atoms with Gasteiger partial charge in [0, 0.05) is 12.6 Å². The van der Waals surface area contributed by atoms with Gasteiger partial charge in [0.1, 0.15) is 6.61 Å². The van der Waals surface area contributed by atoms with E-state index in [9.17, 15) is 20.0 Å². The molecular weight excluding hydrogens is 526 g/mol. The van der Waals surface area contributed by atoms with E-state index >= 15 is 0 Å². The monoisotopic (exact) mass is 547 g/mol. The van der Waals surface area contributed by atoms with Gasteiger partial charge in [-0.1, -0.05) is 35.9 Å². The Bertz CT molecular complexity index is 1510. The van der Waals surface area contributed by atoms with E-state index in [1.807, 2.05) is 19.1 Å². The van der Waals surface area contributed by atoms with E-state index in [-0.39, 0.29) is 18.1 Å². The van der Waals surface area contributed by atoms with Crippen LogP contribution in [0.1, 0.15) is 34.0 Å². The summed E-state index contributed by atoms with van der Waals surface area (Å²) in [4.78, 5) is 30.4. The first-order valence-corrected chi connectivity index (χ1v) is 12.7. The lowest BCUT2D eigenvalue weighted by Crippen LogP contribution is -2.23. The maximum absolute atomic E-state index is 12.9. The minimum Gasteiger partial charge on any atom is -0.490 e. The van der Waals surface area contributed by atoms with Crippen molar-refractivity contribution in [2.75, 3.05) is 13.7 Å². The van der Waals surface area contributed by atoms with Crippen molar-refractivity contribution in [2.24, 2.45) is 4.99 Å². The summed E-state index contributed by atoms with van der Waals surface area (Å²) in [6, 6.07) is 18.9. The summed E-state index contributed by atoms with van der Waals surface area (Å²) >= 11 is 7.73. The highest BCUT2D eigenvalue weighted by atomic mass is 35.5. The van der Waals surface area contributed by atoms with Crippen LogP contribution in [0.15, 0.2) is 70.6 Å². The first kappa shape index (κ1) is 26.8. The number of ether oxygens (including phenoxy) is 2. The summed E-state index contributed by atoms with van der Waals surface area (Å²) in [6.45, 7) is 2.33. The second-order valence-electron chi connectivity index (χ2n) is 8.05. The molecule has 3 aromatic rings. The molecule has 0 bridgehead atoms. The molecule has 0 saturated carbocycles. The fourth-order valence-corrected chi connectivity index (χ4v) is 4.86. The van der Waals surface area contributed by atoms with Crippen LogP contribution in [0.4, 0.5) is 5.69 Å². The lowest BCUT2D eigenvalue weighted by atomic mass is 10.1. The van der Waals surface area contributed by atoms with Crippen LogP contribution in [0.2, 0.25) is 5.02 Å². The molecular formula is C28H22ClN3O5S. The molecule has 0 atom stereocenters. The summed E-state index contributed by atoms with van der Waals surface area (Å²) in [5.41, 5.74) is 2.39. The van der Waals surface area contributed by atoms with Gasteiger partial charge in [-0.25, -0.2) is 9.79 Å². The molecule has 1 aliphatic heterocycles. The number of carbonyl (C=O) groups is 2. The van der Waals surface area contributed by atoms with E-state index in [2.05, 4.69) is 11.1 Å². The molecule has 0 aliphatic carbocycles. The first-order chi connectivity index (χ1) is 18.3. The lowest BCUT2D eigenvalue weighted by molar-refractivity contribution is -0.121. The highest BCUT2D eigenvalue weighted by Crippen LogP contribution is 2.40. The number of carbonyl (C=O) groups excluding carboxylic acids is 1. The highest BCUT2D eigenvalue weighted by molar-refractivity contribution is 8.18. The van der Waals surface area contributed by atoms with Crippen molar-refractivity contribution in [3.05, 3.63) is 92.8 Å². The number of thioether (sulfide) groups is 1. The van der Waals surface area contributed by atoms with E-state index < -0.39 is 5.97 Å². The van der Waals surface area contributed by atoms with Crippen molar-refractivity contribution >= 4 is 52.2 Å². The predicted octanol–water partition coefficient (Wildman–Crippen LogP) is 6.12. The maximum atomic E-state index is 12.9. The number of likely N-dealkylation sites (N-methyl/N-ethyl adjacent to an activating group) is 1. The Balaban J connectivity index is 1.60. The van der Waals surface area contributed by atoms with Gasteiger partial charge in [-0.15, -0.1) is 0 Å². The maximum Gasteiger partial charge on any atom is 0.335 e. The summed E-state index contributed by atoms with van der Waals surface area (Å²) in [5, 5.41) is 19.3. The van der Waals surface area contributed by atoms with Crippen molar-refractivity contribution in [2.45, 2.75) is 13.5 Å². The SMILES string of the molecule is CCOc1cc(/C=C2\SC(=Nc3cccc(C(=O)O)c3)N(C)C2=O)cc(Cl)c1OCc1ccccc1C#N. The number of amidine groups is 1. The average molecular weight is 548 g/mol. The highest BCUT2D eigenvalue weighted by Gasteiger charge is 2.30. The zero-order chi connectivity index (χ0) is 27.2. The smallest absolute Gasteiger partial charge is 0.335 e. The van der Waals surface area contributed by atoms with Gasteiger partial charge in [0.15, 0.2) is 16.7 Å². The molecule has 1 aliphatic rings. The van der Waals surface area contributed by atoms with Crippen molar-refractivity contribution in [1.82, 2.24) is 4.90 Å². The number of halogens is 1. The first-order valence-electron chi connectivity index (χ1n) is 11.5. The van der Waals surface area contributed by atoms with Crippen molar-refractivity contribution in [3.63, 3.8) is 0 Å². The normalized spacial score (nSPS) is 15.1. The molecule has 1 N–H and O–H groups in total. The fraction of sp³-hybridized carbons (Fsp3) is 0.143. The Morgan fingerprint density at radius 3 is 2.71 bits per heavy atom.